The van der Waals surface area contributed by atoms with Gasteiger partial charge in [0.2, 0.25) is 0 Å². The molecule has 1 saturated heterocycles. The number of aromatic hydroxyl groups is 1. The van der Waals surface area contributed by atoms with Gasteiger partial charge in [-0.05, 0) is 51.5 Å². The lowest BCUT2D eigenvalue weighted by Crippen LogP contribution is -2.31. The molecule has 0 atom stereocenters. The van der Waals surface area contributed by atoms with E-state index in [9.17, 15) is 14.7 Å². The van der Waals surface area contributed by atoms with Crippen LogP contribution >= 0.6 is 39.3 Å². The van der Waals surface area contributed by atoms with Gasteiger partial charge in [0.05, 0.1) is 27.6 Å². The second kappa shape index (κ2) is 6.83. The van der Waals surface area contributed by atoms with Crippen LogP contribution in [-0.2, 0) is 9.53 Å². The first-order valence-corrected chi connectivity index (χ1v) is 7.85. The fraction of sp³-hybridized carbons (Fsp3) is 0.231. The van der Waals surface area contributed by atoms with Gasteiger partial charge in [0.25, 0.3) is 11.1 Å². The van der Waals surface area contributed by atoms with Crippen molar-refractivity contribution in [2.45, 2.75) is 0 Å². The Kier molecular flexibility index (Phi) is 5.32. The monoisotopic (exact) mass is 391 g/mol. The molecule has 8 heteroatoms. The number of imide groups is 1. The molecule has 2 rings (SSSR count). The third kappa shape index (κ3) is 3.60. The summed E-state index contributed by atoms with van der Waals surface area (Å²) in [6.45, 7) is 0.514. The molecule has 0 bridgehead atoms. The Bertz CT molecular complexity index is 612. The molecule has 0 aromatic heterocycles. The van der Waals surface area contributed by atoms with Crippen molar-refractivity contribution in [3.63, 3.8) is 0 Å². The molecule has 1 aliphatic rings. The molecule has 0 spiro atoms. The van der Waals surface area contributed by atoms with Gasteiger partial charge >= 0.3 is 0 Å². The number of phenols is 1. The average Bonchev–Trinajstić information content (AvgIpc) is 2.69. The number of amides is 2. The maximum absolute atomic E-state index is 12.1. The summed E-state index contributed by atoms with van der Waals surface area (Å²) < 4.78 is 5.29. The van der Waals surface area contributed by atoms with Gasteiger partial charge in [-0.3, -0.25) is 14.5 Å². The molecule has 1 aromatic carbocycles. The van der Waals surface area contributed by atoms with Crippen molar-refractivity contribution < 1.29 is 19.4 Å². The van der Waals surface area contributed by atoms with E-state index in [4.69, 9.17) is 16.3 Å². The first kappa shape index (κ1) is 16.4. The Labute approximate surface area is 139 Å². The van der Waals surface area contributed by atoms with E-state index in [0.29, 0.717) is 21.5 Å². The normalized spacial score (nSPS) is 17.1. The molecule has 1 fully saturated rings. The Hall–Kier alpha value is -1.02. The van der Waals surface area contributed by atoms with Crippen LogP contribution in [0.3, 0.4) is 0 Å². The van der Waals surface area contributed by atoms with Crippen molar-refractivity contribution in [2.24, 2.45) is 0 Å². The van der Waals surface area contributed by atoms with Crippen molar-refractivity contribution in [1.82, 2.24) is 4.90 Å². The van der Waals surface area contributed by atoms with Gasteiger partial charge in [-0.2, -0.15) is 0 Å². The van der Waals surface area contributed by atoms with Crippen LogP contribution in [0.4, 0.5) is 4.79 Å². The van der Waals surface area contributed by atoms with Crippen molar-refractivity contribution in [1.29, 1.82) is 0 Å². The minimum absolute atomic E-state index is 0.0676. The number of thioether (sulfide) groups is 1. The molecule has 1 N–H and O–H groups in total. The van der Waals surface area contributed by atoms with Crippen LogP contribution < -0.4 is 0 Å². The van der Waals surface area contributed by atoms with Crippen molar-refractivity contribution in [3.8, 4) is 5.75 Å². The topological polar surface area (TPSA) is 66.8 Å². The number of methoxy groups -OCH3 is 1. The number of carbonyl (C=O) groups is 2. The molecule has 2 amide bonds. The summed E-state index contributed by atoms with van der Waals surface area (Å²) in [7, 11) is 1.50. The van der Waals surface area contributed by atoms with Crippen LogP contribution in [0.2, 0.25) is 5.02 Å². The first-order chi connectivity index (χ1) is 9.93. The maximum atomic E-state index is 12.1. The van der Waals surface area contributed by atoms with E-state index in [1.807, 2.05) is 0 Å². The lowest BCUT2D eigenvalue weighted by Gasteiger charge is -2.10. The predicted octanol–water partition coefficient (Wildman–Crippen LogP) is 3.49. The summed E-state index contributed by atoms with van der Waals surface area (Å²) in [5.74, 6) is -0.426. The van der Waals surface area contributed by atoms with Gasteiger partial charge in [-0.25, -0.2) is 0 Å². The minimum Gasteiger partial charge on any atom is -0.505 e. The Morgan fingerprint density at radius 1 is 1.48 bits per heavy atom. The van der Waals surface area contributed by atoms with E-state index in [2.05, 4.69) is 15.9 Å². The molecule has 21 heavy (non-hydrogen) atoms. The second-order valence-corrected chi connectivity index (χ2v) is 6.41. The third-order valence-corrected chi connectivity index (χ3v) is 4.53. The summed E-state index contributed by atoms with van der Waals surface area (Å²) in [5.41, 5.74) is 0.613. The molecular formula is C13H11BrClNO4S. The quantitative estimate of drug-likeness (QED) is 0.795. The number of nitrogens with zero attached hydrogens (tertiary/aromatic N) is 1. The van der Waals surface area contributed by atoms with Crippen LogP contribution in [0.15, 0.2) is 21.5 Å². The van der Waals surface area contributed by atoms with Crippen molar-refractivity contribution in [3.05, 3.63) is 32.1 Å². The minimum atomic E-state index is -0.359. The Balaban J connectivity index is 2.26. The van der Waals surface area contributed by atoms with E-state index in [1.54, 1.807) is 12.1 Å². The number of carbonyl (C=O) groups excluding carboxylic acids is 2. The number of hydrogen-bond donors (Lipinski definition) is 1. The van der Waals surface area contributed by atoms with Crippen LogP contribution in [0.25, 0.3) is 6.08 Å². The number of ether oxygens (including phenoxy) is 1. The van der Waals surface area contributed by atoms with E-state index < -0.39 is 0 Å². The van der Waals surface area contributed by atoms with E-state index >= 15 is 0 Å². The summed E-state index contributed by atoms with van der Waals surface area (Å²) >= 11 is 9.91. The second-order valence-electron chi connectivity index (χ2n) is 4.16. The zero-order chi connectivity index (χ0) is 15.6. The van der Waals surface area contributed by atoms with Crippen LogP contribution in [0.1, 0.15) is 5.56 Å². The molecule has 1 aliphatic heterocycles. The summed E-state index contributed by atoms with van der Waals surface area (Å²) in [6, 6.07) is 3.13. The highest BCUT2D eigenvalue weighted by atomic mass is 79.9. The molecular weight excluding hydrogens is 382 g/mol. The molecule has 112 valence electrons. The number of hydrogen-bond acceptors (Lipinski definition) is 5. The average molecular weight is 393 g/mol. The maximum Gasteiger partial charge on any atom is 0.293 e. The van der Waals surface area contributed by atoms with Gasteiger partial charge in [0.15, 0.2) is 0 Å². The molecule has 1 heterocycles. The Morgan fingerprint density at radius 3 is 2.81 bits per heavy atom. The zero-order valence-corrected chi connectivity index (χ0v) is 14.1. The van der Waals surface area contributed by atoms with Gasteiger partial charge in [0.1, 0.15) is 5.75 Å². The zero-order valence-electron chi connectivity index (χ0n) is 10.9. The number of rotatable bonds is 4. The SMILES string of the molecule is COCCN1C(=O)S/C(=C/c2cc(Cl)c(O)c(Br)c2)C1=O. The molecule has 0 saturated carbocycles. The van der Waals surface area contributed by atoms with Gasteiger partial charge in [0, 0.05) is 7.11 Å². The summed E-state index contributed by atoms with van der Waals surface area (Å²) in [4.78, 5) is 25.4. The number of phenolic OH excluding ortho intramolecular Hbond substituents is 1. The summed E-state index contributed by atoms with van der Waals surface area (Å²) in [6.07, 6.45) is 1.56. The van der Waals surface area contributed by atoms with Gasteiger partial charge in [-0.15, -0.1) is 0 Å². The highest BCUT2D eigenvalue weighted by molar-refractivity contribution is 9.10. The first-order valence-electron chi connectivity index (χ1n) is 5.86. The van der Waals surface area contributed by atoms with Gasteiger partial charge < -0.3 is 9.84 Å². The van der Waals surface area contributed by atoms with Crippen LogP contribution in [0, 0.1) is 0 Å². The molecule has 0 aliphatic carbocycles. The molecule has 1 aromatic rings. The summed E-state index contributed by atoms with van der Waals surface area (Å²) in [5, 5.41) is 9.41. The standard InChI is InChI=1S/C13H11BrClNO4S/c1-20-3-2-16-12(18)10(21-13(16)19)6-7-4-8(14)11(17)9(15)5-7/h4-6,17H,2-3H2,1H3/b10-6+. The predicted molar refractivity (Wildman–Crippen MR) is 85.4 cm³/mol. The fourth-order valence-corrected chi connectivity index (χ4v) is 3.38. The van der Waals surface area contributed by atoms with Crippen LogP contribution in [-0.4, -0.2) is 41.4 Å². The largest absolute Gasteiger partial charge is 0.505 e. The van der Waals surface area contributed by atoms with Crippen molar-refractivity contribution >= 4 is 56.5 Å². The molecule has 0 radical (unpaired) electrons. The van der Waals surface area contributed by atoms with E-state index in [0.717, 1.165) is 16.7 Å². The number of benzene rings is 1. The lowest BCUT2D eigenvalue weighted by molar-refractivity contribution is -0.123. The van der Waals surface area contributed by atoms with Crippen LogP contribution in [0.5, 0.6) is 5.75 Å². The number of halogens is 2. The van der Waals surface area contributed by atoms with Crippen molar-refractivity contribution in [2.75, 3.05) is 20.3 Å². The third-order valence-electron chi connectivity index (χ3n) is 2.73. The Morgan fingerprint density at radius 2 is 2.19 bits per heavy atom. The highest BCUT2D eigenvalue weighted by Gasteiger charge is 2.34. The highest BCUT2D eigenvalue weighted by Crippen LogP contribution is 2.36. The van der Waals surface area contributed by atoms with E-state index in [-0.39, 0.29) is 28.5 Å². The van der Waals surface area contributed by atoms with Gasteiger partial charge in [-0.1, -0.05) is 11.6 Å². The molecule has 5 nitrogen and oxygen atoms in total. The molecule has 0 unspecified atom stereocenters. The fourth-order valence-electron chi connectivity index (χ4n) is 1.70. The smallest absolute Gasteiger partial charge is 0.293 e. The lowest BCUT2D eigenvalue weighted by atomic mass is 10.2. The van der Waals surface area contributed by atoms with E-state index in [1.165, 1.54) is 13.2 Å².